The number of hydrogen-bond acceptors (Lipinski definition) is 3. The second-order valence-electron chi connectivity index (χ2n) is 12.9. The van der Waals surface area contributed by atoms with Crippen molar-refractivity contribution in [3.8, 4) is 61.6 Å². The third-order valence-electron chi connectivity index (χ3n) is 9.86. The van der Waals surface area contributed by atoms with Crippen LogP contribution >= 0.6 is 0 Å². The van der Waals surface area contributed by atoms with E-state index in [-0.39, 0.29) is 0 Å². The summed E-state index contributed by atoms with van der Waals surface area (Å²) in [5.41, 5.74) is 15.3. The molecule has 0 spiro atoms. The fourth-order valence-corrected chi connectivity index (χ4v) is 7.62. The first-order valence-corrected chi connectivity index (χ1v) is 17.5. The summed E-state index contributed by atoms with van der Waals surface area (Å²) in [4.78, 5) is 14.7. The SMILES string of the molecule is c1ccc(-c2cc(-c3ncccn3)c(-c3ccccc3)c(-c3ccccc3)c2-c2ccc(-n3c4ccccc4n4c5ccccc5nc34)cc2)cc1. The normalized spacial score (nSPS) is 11.5. The van der Waals surface area contributed by atoms with Crippen molar-refractivity contribution >= 4 is 27.8 Å². The summed E-state index contributed by atoms with van der Waals surface area (Å²) >= 11 is 0. The van der Waals surface area contributed by atoms with Gasteiger partial charge in [0.2, 0.25) is 5.78 Å². The number of nitrogens with zero attached hydrogens (tertiary/aromatic N) is 5. The van der Waals surface area contributed by atoms with E-state index in [1.807, 2.05) is 24.5 Å². The quantitative estimate of drug-likeness (QED) is 0.178. The molecule has 5 heteroatoms. The molecule has 10 rings (SSSR count). The van der Waals surface area contributed by atoms with Crippen molar-refractivity contribution in [2.45, 2.75) is 0 Å². The molecule has 10 aromatic rings. The zero-order chi connectivity index (χ0) is 34.4. The third-order valence-corrected chi connectivity index (χ3v) is 9.86. The summed E-state index contributed by atoms with van der Waals surface area (Å²) in [6, 6.07) is 61.9. The largest absolute Gasteiger partial charge is 0.278 e. The summed E-state index contributed by atoms with van der Waals surface area (Å²) in [6.07, 6.45) is 3.64. The van der Waals surface area contributed by atoms with Gasteiger partial charge in [0.25, 0.3) is 0 Å². The molecule has 0 fully saturated rings. The Bertz CT molecular complexity index is 2860. The van der Waals surface area contributed by atoms with Gasteiger partial charge in [-0.3, -0.25) is 8.97 Å². The van der Waals surface area contributed by atoms with Crippen LogP contribution in [0.5, 0.6) is 0 Å². The van der Waals surface area contributed by atoms with Crippen molar-refractivity contribution in [2.24, 2.45) is 0 Å². The van der Waals surface area contributed by atoms with E-state index in [1.54, 1.807) is 0 Å². The molecule has 0 aliphatic carbocycles. The zero-order valence-electron chi connectivity index (χ0n) is 28.1. The van der Waals surface area contributed by atoms with Gasteiger partial charge in [-0.25, -0.2) is 15.0 Å². The number of aromatic nitrogens is 5. The molecule has 0 aliphatic rings. The first kappa shape index (κ1) is 29.8. The number of rotatable bonds is 6. The van der Waals surface area contributed by atoms with E-state index in [0.29, 0.717) is 5.82 Å². The number of hydrogen-bond donors (Lipinski definition) is 0. The average Bonchev–Trinajstić information content (AvgIpc) is 3.76. The zero-order valence-corrected chi connectivity index (χ0v) is 28.1. The van der Waals surface area contributed by atoms with Gasteiger partial charge in [0.15, 0.2) is 5.82 Å². The van der Waals surface area contributed by atoms with Crippen molar-refractivity contribution in [1.82, 2.24) is 23.9 Å². The Kier molecular flexibility index (Phi) is 7.07. The van der Waals surface area contributed by atoms with Crippen LogP contribution in [0.2, 0.25) is 0 Å². The second-order valence-corrected chi connectivity index (χ2v) is 12.9. The lowest BCUT2D eigenvalue weighted by Crippen LogP contribution is -2.00. The highest BCUT2D eigenvalue weighted by Gasteiger charge is 2.25. The van der Waals surface area contributed by atoms with Crippen molar-refractivity contribution in [3.63, 3.8) is 0 Å². The van der Waals surface area contributed by atoms with Crippen LogP contribution in [0.25, 0.3) is 89.4 Å². The summed E-state index contributed by atoms with van der Waals surface area (Å²) in [5.74, 6) is 1.58. The minimum Gasteiger partial charge on any atom is -0.278 e. The highest BCUT2D eigenvalue weighted by Crippen LogP contribution is 2.49. The van der Waals surface area contributed by atoms with Crippen LogP contribution in [-0.4, -0.2) is 23.9 Å². The summed E-state index contributed by atoms with van der Waals surface area (Å²) in [5, 5.41) is 0. The minimum absolute atomic E-state index is 0.688. The Hall–Kier alpha value is -7.11. The number of imidazole rings is 2. The Morgan fingerprint density at radius 1 is 0.385 bits per heavy atom. The molecule has 0 aliphatic heterocycles. The molecular weight excluding hydrogens is 635 g/mol. The van der Waals surface area contributed by atoms with Crippen LogP contribution in [0.3, 0.4) is 0 Å². The molecule has 0 bridgehead atoms. The van der Waals surface area contributed by atoms with Gasteiger partial charge in [-0.2, -0.15) is 0 Å². The first-order valence-electron chi connectivity index (χ1n) is 17.5. The molecule has 0 radical (unpaired) electrons. The van der Waals surface area contributed by atoms with Gasteiger partial charge in [-0.15, -0.1) is 0 Å². The highest BCUT2D eigenvalue weighted by molar-refractivity contribution is 6.07. The summed E-state index contributed by atoms with van der Waals surface area (Å²) in [6.45, 7) is 0. The first-order chi connectivity index (χ1) is 25.8. The summed E-state index contributed by atoms with van der Waals surface area (Å²) in [7, 11) is 0. The Morgan fingerprint density at radius 3 is 1.58 bits per heavy atom. The van der Waals surface area contributed by atoms with E-state index >= 15 is 0 Å². The Labute approximate surface area is 300 Å². The van der Waals surface area contributed by atoms with Crippen LogP contribution in [0.15, 0.2) is 188 Å². The van der Waals surface area contributed by atoms with E-state index in [4.69, 9.17) is 15.0 Å². The van der Waals surface area contributed by atoms with Crippen LogP contribution in [0.1, 0.15) is 0 Å². The standard InChI is InChI=1S/C47H31N5/c1-4-15-32(16-5-1)37-31-38(46-48-29-14-30-49-46)44(33-17-6-2-7-18-33)45(34-19-8-3-9-20-34)43(37)35-25-27-36(28-26-35)51-41-23-12-13-24-42(41)52-40-22-11-10-21-39(40)50-47(51)52/h1-31H. The lowest BCUT2D eigenvalue weighted by atomic mass is 9.80. The maximum absolute atomic E-state index is 5.11. The van der Waals surface area contributed by atoms with E-state index in [1.165, 1.54) is 0 Å². The van der Waals surface area contributed by atoms with E-state index < -0.39 is 0 Å². The lowest BCUT2D eigenvalue weighted by Gasteiger charge is -2.24. The second kappa shape index (κ2) is 12.3. The number of para-hydroxylation sites is 4. The Balaban J connectivity index is 1.28. The number of fused-ring (bicyclic) bond motifs is 5. The van der Waals surface area contributed by atoms with Crippen molar-refractivity contribution in [3.05, 3.63) is 188 Å². The third kappa shape index (κ3) is 4.83. The van der Waals surface area contributed by atoms with Crippen molar-refractivity contribution in [1.29, 1.82) is 0 Å². The molecule has 52 heavy (non-hydrogen) atoms. The molecule has 244 valence electrons. The van der Waals surface area contributed by atoms with Gasteiger partial charge < -0.3 is 0 Å². The Morgan fingerprint density at radius 2 is 0.904 bits per heavy atom. The molecule has 5 nitrogen and oxygen atoms in total. The molecular formula is C47H31N5. The van der Waals surface area contributed by atoms with Gasteiger partial charge >= 0.3 is 0 Å². The number of benzene rings is 7. The van der Waals surface area contributed by atoms with E-state index in [2.05, 4.69) is 173 Å². The molecule has 0 unspecified atom stereocenters. The molecule has 0 saturated heterocycles. The van der Waals surface area contributed by atoms with Crippen LogP contribution in [0, 0.1) is 0 Å². The highest BCUT2D eigenvalue weighted by atomic mass is 15.2. The van der Waals surface area contributed by atoms with Gasteiger partial charge in [0.05, 0.1) is 22.1 Å². The van der Waals surface area contributed by atoms with Gasteiger partial charge in [0, 0.05) is 29.2 Å². The van der Waals surface area contributed by atoms with Crippen LogP contribution < -0.4 is 0 Å². The molecule has 3 aromatic heterocycles. The topological polar surface area (TPSA) is 48.0 Å². The predicted octanol–water partition coefficient (Wildman–Crippen LogP) is 11.6. The predicted molar refractivity (Wildman–Crippen MR) is 212 cm³/mol. The van der Waals surface area contributed by atoms with Gasteiger partial charge in [-0.05, 0) is 87.5 Å². The molecule has 7 aromatic carbocycles. The fraction of sp³-hybridized carbons (Fsp3) is 0. The monoisotopic (exact) mass is 665 g/mol. The fourth-order valence-electron chi connectivity index (χ4n) is 7.62. The van der Waals surface area contributed by atoms with E-state index in [0.717, 1.165) is 83.6 Å². The van der Waals surface area contributed by atoms with E-state index in [9.17, 15) is 0 Å². The maximum Gasteiger partial charge on any atom is 0.220 e. The smallest absolute Gasteiger partial charge is 0.220 e. The summed E-state index contributed by atoms with van der Waals surface area (Å²) < 4.78 is 4.52. The van der Waals surface area contributed by atoms with Crippen LogP contribution in [0.4, 0.5) is 0 Å². The molecule has 0 atom stereocenters. The molecule has 0 saturated carbocycles. The minimum atomic E-state index is 0.688. The molecule has 0 amide bonds. The lowest BCUT2D eigenvalue weighted by molar-refractivity contribution is 1.11. The van der Waals surface area contributed by atoms with Crippen LogP contribution in [-0.2, 0) is 0 Å². The van der Waals surface area contributed by atoms with Crippen molar-refractivity contribution in [2.75, 3.05) is 0 Å². The van der Waals surface area contributed by atoms with Crippen molar-refractivity contribution < 1.29 is 0 Å². The molecule has 3 heterocycles. The molecule has 0 N–H and O–H groups in total. The van der Waals surface area contributed by atoms with Gasteiger partial charge in [0.1, 0.15) is 0 Å². The van der Waals surface area contributed by atoms with Gasteiger partial charge in [-0.1, -0.05) is 127 Å². The maximum atomic E-state index is 5.11. The average molecular weight is 666 g/mol.